The molecule has 0 aromatic rings. The van der Waals surface area contributed by atoms with Crippen molar-refractivity contribution in [2.45, 2.75) is 58.0 Å². The number of carbonyl (C=O) groups excluding carboxylic acids is 2. The second kappa shape index (κ2) is 6.73. The van der Waals surface area contributed by atoms with Gasteiger partial charge in [0.05, 0.1) is 6.54 Å². The Morgan fingerprint density at radius 3 is 2.44 bits per heavy atom. The number of hydrogen-bond acceptors (Lipinski definition) is 3. The molecule has 1 rings (SSSR count). The van der Waals surface area contributed by atoms with E-state index in [4.69, 9.17) is 0 Å². The normalized spacial score (nSPS) is 15.3. The van der Waals surface area contributed by atoms with Crippen molar-refractivity contribution >= 4 is 11.8 Å². The monoisotopic (exact) mass is 255 g/mol. The number of rotatable bonds is 8. The van der Waals surface area contributed by atoms with E-state index in [9.17, 15) is 9.59 Å². The molecular formula is C13H25N3O2. The molecule has 0 atom stereocenters. The van der Waals surface area contributed by atoms with Crippen molar-refractivity contribution in [3.05, 3.63) is 0 Å². The SMILES string of the molecule is CCC(C)(C)NC(=O)CNCCC(=O)NC1CC1. The fourth-order valence-electron chi connectivity index (χ4n) is 1.44. The highest BCUT2D eigenvalue weighted by molar-refractivity contribution is 5.79. The summed E-state index contributed by atoms with van der Waals surface area (Å²) in [7, 11) is 0. The Labute approximate surface area is 109 Å². The number of amides is 2. The first-order valence-electron chi connectivity index (χ1n) is 6.74. The Morgan fingerprint density at radius 1 is 1.22 bits per heavy atom. The summed E-state index contributed by atoms with van der Waals surface area (Å²) in [6.45, 7) is 6.83. The minimum Gasteiger partial charge on any atom is -0.353 e. The van der Waals surface area contributed by atoms with Crippen molar-refractivity contribution in [2.75, 3.05) is 13.1 Å². The highest BCUT2D eigenvalue weighted by Crippen LogP contribution is 2.18. The number of hydrogen-bond donors (Lipinski definition) is 3. The third kappa shape index (κ3) is 6.59. The Bertz CT molecular complexity index is 299. The molecule has 18 heavy (non-hydrogen) atoms. The van der Waals surface area contributed by atoms with E-state index >= 15 is 0 Å². The quantitative estimate of drug-likeness (QED) is 0.555. The molecule has 0 unspecified atom stereocenters. The lowest BCUT2D eigenvalue weighted by molar-refractivity contribution is -0.123. The number of carbonyl (C=O) groups is 2. The Kier molecular flexibility index (Phi) is 5.59. The van der Waals surface area contributed by atoms with Gasteiger partial charge in [-0.15, -0.1) is 0 Å². The average molecular weight is 255 g/mol. The fraction of sp³-hybridized carbons (Fsp3) is 0.846. The maximum absolute atomic E-state index is 11.6. The molecule has 0 aliphatic heterocycles. The standard InChI is InChI=1S/C13H25N3O2/c1-4-13(2,3)16-12(18)9-14-8-7-11(17)15-10-5-6-10/h10,14H,4-9H2,1-3H3,(H,15,17)(H,16,18). The van der Waals surface area contributed by atoms with E-state index in [1.54, 1.807) is 0 Å². The molecule has 0 saturated heterocycles. The summed E-state index contributed by atoms with van der Waals surface area (Å²) in [5.41, 5.74) is -0.165. The lowest BCUT2D eigenvalue weighted by Gasteiger charge is -2.24. The average Bonchev–Trinajstić information content (AvgIpc) is 3.08. The van der Waals surface area contributed by atoms with E-state index in [0.717, 1.165) is 19.3 Å². The molecule has 1 saturated carbocycles. The molecular weight excluding hydrogens is 230 g/mol. The molecule has 1 aliphatic rings. The molecule has 1 fully saturated rings. The van der Waals surface area contributed by atoms with Gasteiger partial charge in [0.1, 0.15) is 0 Å². The molecule has 0 bridgehead atoms. The van der Waals surface area contributed by atoms with Gasteiger partial charge in [-0.3, -0.25) is 9.59 Å². The van der Waals surface area contributed by atoms with Crippen LogP contribution in [-0.2, 0) is 9.59 Å². The zero-order chi connectivity index (χ0) is 13.6. The van der Waals surface area contributed by atoms with Crippen molar-refractivity contribution in [3.63, 3.8) is 0 Å². The Hall–Kier alpha value is -1.10. The molecule has 5 heteroatoms. The van der Waals surface area contributed by atoms with Gasteiger partial charge in [0, 0.05) is 24.5 Å². The first-order valence-corrected chi connectivity index (χ1v) is 6.74. The van der Waals surface area contributed by atoms with Crippen LogP contribution in [0, 0.1) is 0 Å². The largest absolute Gasteiger partial charge is 0.353 e. The summed E-state index contributed by atoms with van der Waals surface area (Å²) in [6, 6.07) is 0.408. The third-order valence-corrected chi connectivity index (χ3v) is 3.12. The molecule has 104 valence electrons. The van der Waals surface area contributed by atoms with Crippen LogP contribution in [0.25, 0.3) is 0 Å². The second-order valence-corrected chi connectivity index (χ2v) is 5.55. The minimum absolute atomic E-state index is 0.0237. The summed E-state index contributed by atoms with van der Waals surface area (Å²) < 4.78 is 0. The molecule has 2 amide bonds. The molecule has 0 aromatic carbocycles. The van der Waals surface area contributed by atoms with Gasteiger partial charge >= 0.3 is 0 Å². The molecule has 1 aliphatic carbocycles. The van der Waals surface area contributed by atoms with Crippen LogP contribution in [0.2, 0.25) is 0 Å². The van der Waals surface area contributed by atoms with Gasteiger partial charge in [0.15, 0.2) is 0 Å². The van der Waals surface area contributed by atoms with Crippen LogP contribution in [0.1, 0.15) is 46.5 Å². The van der Waals surface area contributed by atoms with Crippen LogP contribution in [0.3, 0.4) is 0 Å². The van der Waals surface area contributed by atoms with Crippen molar-refractivity contribution in [2.24, 2.45) is 0 Å². The van der Waals surface area contributed by atoms with Crippen LogP contribution in [-0.4, -0.2) is 36.5 Å². The van der Waals surface area contributed by atoms with E-state index in [0.29, 0.717) is 19.0 Å². The lowest BCUT2D eigenvalue weighted by atomic mass is 10.0. The van der Waals surface area contributed by atoms with Crippen LogP contribution in [0.5, 0.6) is 0 Å². The summed E-state index contributed by atoms with van der Waals surface area (Å²) in [6.07, 6.45) is 3.53. The Morgan fingerprint density at radius 2 is 1.89 bits per heavy atom. The second-order valence-electron chi connectivity index (χ2n) is 5.55. The summed E-state index contributed by atoms with van der Waals surface area (Å²) in [5, 5.41) is 8.83. The zero-order valence-electron chi connectivity index (χ0n) is 11.6. The van der Waals surface area contributed by atoms with Gasteiger partial charge in [-0.05, 0) is 33.1 Å². The maximum Gasteiger partial charge on any atom is 0.234 e. The highest BCUT2D eigenvalue weighted by atomic mass is 16.2. The van der Waals surface area contributed by atoms with E-state index in [2.05, 4.69) is 16.0 Å². The van der Waals surface area contributed by atoms with Crippen LogP contribution in [0.15, 0.2) is 0 Å². The highest BCUT2D eigenvalue weighted by Gasteiger charge is 2.22. The van der Waals surface area contributed by atoms with Crippen molar-refractivity contribution in [3.8, 4) is 0 Å². The first kappa shape index (κ1) is 15.0. The molecule has 0 heterocycles. The van der Waals surface area contributed by atoms with E-state index in [-0.39, 0.29) is 23.9 Å². The first-order chi connectivity index (χ1) is 8.43. The van der Waals surface area contributed by atoms with Crippen molar-refractivity contribution in [1.29, 1.82) is 0 Å². The van der Waals surface area contributed by atoms with Gasteiger partial charge in [-0.25, -0.2) is 0 Å². The molecule has 3 N–H and O–H groups in total. The van der Waals surface area contributed by atoms with Gasteiger partial charge in [0.2, 0.25) is 11.8 Å². The fourth-order valence-corrected chi connectivity index (χ4v) is 1.44. The topological polar surface area (TPSA) is 70.2 Å². The predicted molar refractivity (Wildman–Crippen MR) is 71.2 cm³/mol. The van der Waals surface area contributed by atoms with Crippen molar-refractivity contribution < 1.29 is 9.59 Å². The summed E-state index contributed by atoms with van der Waals surface area (Å²) in [4.78, 5) is 22.9. The van der Waals surface area contributed by atoms with Gasteiger partial charge < -0.3 is 16.0 Å². The van der Waals surface area contributed by atoms with Gasteiger partial charge in [-0.2, -0.15) is 0 Å². The van der Waals surface area contributed by atoms with Crippen LogP contribution >= 0.6 is 0 Å². The smallest absolute Gasteiger partial charge is 0.234 e. The number of nitrogens with one attached hydrogen (secondary N) is 3. The van der Waals surface area contributed by atoms with Crippen LogP contribution < -0.4 is 16.0 Å². The lowest BCUT2D eigenvalue weighted by Crippen LogP contribution is -2.46. The summed E-state index contributed by atoms with van der Waals surface area (Å²) >= 11 is 0. The zero-order valence-corrected chi connectivity index (χ0v) is 11.6. The van der Waals surface area contributed by atoms with Crippen molar-refractivity contribution in [1.82, 2.24) is 16.0 Å². The van der Waals surface area contributed by atoms with Gasteiger partial charge in [0.25, 0.3) is 0 Å². The molecule has 0 radical (unpaired) electrons. The van der Waals surface area contributed by atoms with E-state index in [1.165, 1.54) is 0 Å². The van der Waals surface area contributed by atoms with Gasteiger partial charge in [-0.1, -0.05) is 6.92 Å². The maximum atomic E-state index is 11.6. The minimum atomic E-state index is -0.165. The third-order valence-electron chi connectivity index (χ3n) is 3.12. The predicted octanol–water partition coefficient (Wildman–Crippen LogP) is 0.550. The molecule has 0 spiro atoms. The molecule has 0 aromatic heterocycles. The summed E-state index contributed by atoms with van der Waals surface area (Å²) in [5.74, 6) is 0.0451. The molecule has 5 nitrogen and oxygen atoms in total. The van der Waals surface area contributed by atoms with Crippen LogP contribution in [0.4, 0.5) is 0 Å². The van der Waals surface area contributed by atoms with E-state index in [1.807, 2.05) is 20.8 Å². The van der Waals surface area contributed by atoms with E-state index < -0.39 is 0 Å². The Balaban J connectivity index is 2.02.